The summed E-state index contributed by atoms with van der Waals surface area (Å²) >= 11 is 12.7. The standard InChI is InChI=1S/C29H24Cl2N2O4/c1-16-3-5-17(6-4-16)27(34)25-26(21-9-7-19(30)13-23(21)31)33(29(36)28(25)35)12-11-18-15-32-24-10-8-20(37-2)14-22(18)24/h3-10,13-15,26,32,34H,11-12H2,1-2H3/t26-/m1/s1. The number of hydrogen-bond donors (Lipinski definition) is 2. The van der Waals surface area contributed by atoms with Crippen molar-refractivity contribution in [2.24, 2.45) is 0 Å². The summed E-state index contributed by atoms with van der Waals surface area (Å²) in [7, 11) is 1.61. The highest BCUT2D eigenvalue weighted by molar-refractivity contribution is 6.47. The van der Waals surface area contributed by atoms with Crippen molar-refractivity contribution in [2.75, 3.05) is 13.7 Å². The minimum absolute atomic E-state index is 0.00123. The molecule has 1 aromatic heterocycles. The predicted molar refractivity (Wildman–Crippen MR) is 145 cm³/mol. The number of likely N-dealkylation sites (tertiary alicyclic amines) is 1. The average Bonchev–Trinajstić information content (AvgIpc) is 3.40. The molecule has 8 heteroatoms. The number of aromatic nitrogens is 1. The van der Waals surface area contributed by atoms with Crippen LogP contribution in [0.5, 0.6) is 5.75 Å². The number of H-pyrrole nitrogens is 1. The molecule has 3 aromatic carbocycles. The number of nitrogens with zero attached hydrogens (tertiary/aromatic N) is 1. The number of aliphatic hydroxyl groups excluding tert-OH is 1. The van der Waals surface area contributed by atoms with Crippen LogP contribution in [0, 0.1) is 6.92 Å². The number of aryl methyl sites for hydroxylation is 1. The number of ether oxygens (including phenoxy) is 1. The molecule has 2 N–H and O–H groups in total. The molecule has 6 nitrogen and oxygen atoms in total. The van der Waals surface area contributed by atoms with E-state index >= 15 is 0 Å². The summed E-state index contributed by atoms with van der Waals surface area (Å²) in [5.74, 6) is -0.967. The molecule has 0 unspecified atom stereocenters. The number of halogens is 2. The molecular formula is C29H24Cl2N2O4. The van der Waals surface area contributed by atoms with Gasteiger partial charge in [-0.25, -0.2) is 0 Å². The van der Waals surface area contributed by atoms with Gasteiger partial charge in [-0.05, 0) is 54.8 Å². The van der Waals surface area contributed by atoms with Gasteiger partial charge < -0.3 is 19.7 Å². The minimum Gasteiger partial charge on any atom is -0.507 e. The van der Waals surface area contributed by atoms with Crippen molar-refractivity contribution in [2.45, 2.75) is 19.4 Å². The van der Waals surface area contributed by atoms with Crippen LogP contribution in [0.25, 0.3) is 16.7 Å². The number of nitrogens with one attached hydrogen (secondary N) is 1. The molecular weight excluding hydrogens is 511 g/mol. The number of fused-ring (bicyclic) bond motifs is 1. The Hall–Kier alpha value is -3.74. The molecule has 1 aliphatic heterocycles. The summed E-state index contributed by atoms with van der Waals surface area (Å²) in [6.07, 6.45) is 2.35. The maximum atomic E-state index is 13.3. The molecule has 0 saturated carbocycles. The second-order valence-electron chi connectivity index (χ2n) is 9.00. The zero-order chi connectivity index (χ0) is 26.3. The summed E-state index contributed by atoms with van der Waals surface area (Å²) in [5, 5.41) is 12.9. The monoisotopic (exact) mass is 534 g/mol. The number of aromatic amines is 1. The molecule has 0 spiro atoms. The van der Waals surface area contributed by atoms with E-state index in [4.69, 9.17) is 27.9 Å². The topological polar surface area (TPSA) is 82.6 Å². The molecule has 1 fully saturated rings. The Kier molecular flexibility index (Phi) is 6.71. The van der Waals surface area contributed by atoms with E-state index in [1.807, 2.05) is 43.5 Å². The van der Waals surface area contributed by atoms with E-state index in [-0.39, 0.29) is 17.9 Å². The largest absolute Gasteiger partial charge is 0.507 e. The summed E-state index contributed by atoms with van der Waals surface area (Å²) in [6.45, 7) is 2.15. The second kappa shape index (κ2) is 9.96. The number of methoxy groups -OCH3 is 1. The van der Waals surface area contributed by atoms with Crippen molar-refractivity contribution in [1.29, 1.82) is 0 Å². The fraction of sp³-hybridized carbons (Fsp3) is 0.172. The zero-order valence-corrected chi connectivity index (χ0v) is 21.7. The van der Waals surface area contributed by atoms with Crippen LogP contribution in [0.2, 0.25) is 10.0 Å². The molecule has 37 heavy (non-hydrogen) atoms. The van der Waals surface area contributed by atoms with E-state index in [1.165, 1.54) is 4.90 Å². The number of amides is 1. The van der Waals surface area contributed by atoms with Crippen LogP contribution in [-0.4, -0.2) is 40.3 Å². The number of hydrogen-bond acceptors (Lipinski definition) is 4. The molecule has 2 heterocycles. The fourth-order valence-corrected chi connectivity index (χ4v) is 5.27. The van der Waals surface area contributed by atoms with Gasteiger partial charge in [-0.15, -0.1) is 0 Å². The van der Waals surface area contributed by atoms with Gasteiger partial charge in [0.15, 0.2) is 0 Å². The maximum absolute atomic E-state index is 13.3. The van der Waals surface area contributed by atoms with Crippen LogP contribution in [0.4, 0.5) is 0 Å². The van der Waals surface area contributed by atoms with Crippen LogP contribution in [0.3, 0.4) is 0 Å². The molecule has 1 amide bonds. The third kappa shape index (κ3) is 4.59. The molecule has 4 aromatic rings. The molecule has 188 valence electrons. The van der Waals surface area contributed by atoms with E-state index < -0.39 is 17.7 Å². The van der Waals surface area contributed by atoms with E-state index in [0.29, 0.717) is 27.6 Å². The lowest BCUT2D eigenvalue weighted by atomic mass is 9.95. The molecule has 0 aliphatic carbocycles. The van der Waals surface area contributed by atoms with Gasteiger partial charge in [0.1, 0.15) is 11.5 Å². The highest BCUT2D eigenvalue weighted by Gasteiger charge is 2.46. The number of carbonyl (C=O) groups excluding carboxylic acids is 2. The smallest absolute Gasteiger partial charge is 0.295 e. The predicted octanol–water partition coefficient (Wildman–Crippen LogP) is 6.46. The van der Waals surface area contributed by atoms with Gasteiger partial charge in [-0.2, -0.15) is 0 Å². The van der Waals surface area contributed by atoms with E-state index in [1.54, 1.807) is 37.4 Å². The lowest BCUT2D eigenvalue weighted by Gasteiger charge is -2.26. The minimum atomic E-state index is -0.870. The first-order chi connectivity index (χ1) is 17.8. The van der Waals surface area contributed by atoms with Gasteiger partial charge in [-0.3, -0.25) is 9.59 Å². The van der Waals surface area contributed by atoms with E-state index in [2.05, 4.69) is 4.98 Å². The normalized spacial score (nSPS) is 17.1. The van der Waals surface area contributed by atoms with Gasteiger partial charge in [-0.1, -0.05) is 59.1 Å². The lowest BCUT2D eigenvalue weighted by molar-refractivity contribution is -0.139. The Morgan fingerprint density at radius 2 is 1.81 bits per heavy atom. The first-order valence-corrected chi connectivity index (χ1v) is 12.5. The number of aliphatic hydroxyl groups is 1. The Morgan fingerprint density at radius 1 is 1.05 bits per heavy atom. The van der Waals surface area contributed by atoms with Gasteiger partial charge >= 0.3 is 0 Å². The lowest BCUT2D eigenvalue weighted by Crippen LogP contribution is -2.31. The van der Waals surface area contributed by atoms with Crippen LogP contribution in [-0.2, 0) is 16.0 Å². The first-order valence-electron chi connectivity index (χ1n) is 11.7. The Bertz CT molecular complexity index is 1560. The molecule has 1 saturated heterocycles. The third-order valence-corrected chi connectivity index (χ3v) is 7.28. The van der Waals surface area contributed by atoms with Crippen LogP contribution < -0.4 is 4.74 Å². The summed E-state index contributed by atoms with van der Waals surface area (Å²) in [5.41, 5.74) is 3.87. The highest BCUT2D eigenvalue weighted by atomic mass is 35.5. The van der Waals surface area contributed by atoms with Gasteiger partial charge in [0.05, 0.1) is 18.7 Å². The van der Waals surface area contributed by atoms with Crippen molar-refractivity contribution < 1.29 is 19.4 Å². The SMILES string of the molecule is COc1ccc2[nH]cc(CCN3C(=O)C(=O)C(=C(O)c4ccc(C)cc4)[C@H]3c3ccc(Cl)cc3Cl)c2c1. The Morgan fingerprint density at radius 3 is 2.51 bits per heavy atom. The Labute approximate surface area is 224 Å². The number of benzene rings is 3. The molecule has 0 bridgehead atoms. The third-order valence-electron chi connectivity index (χ3n) is 6.72. The van der Waals surface area contributed by atoms with Crippen molar-refractivity contribution in [3.05, 3.63) is 105 Å². The van der Waals surface area contributed by atoms with Crippen LogP contribution in [0.15, 0.2) is 72.4 Å². The number of ketones is 1. The average molecular weight is 535 g/mol. The summed E-state index contributed by atoms with van der Waals surface area (Å²) in [6, 6.07) is 16.9. The summed E-state index contributed by atoms with van der Waals surface area (Å²) in [4.78, 5) is 31.3. The molecule has 1 aliphatic rings. The van der Waals surface area contributed by atoms with Crippen LogP contribution >= 0.6 is 23.2 Å². The maximum Gasteiger partial charge on any atom is 0.295 e. The molecule has 1 atom stereocenters. The Balaban J connectivity index is 1.58. The van der Waals surface area contributed by atoms with Crippen LogP contribution in [0.1, 0.15) is 28.3 Å². The quantitative estimate of drug-likeness (QED) is 0.169. The van der Waals surface area contributed by atoms with Crippen molar-refractivity contribution >= 4 is 51.6 Å². The van der Waals surface area contributed by atoms with Gasteiger partial charge in [0, 0.05) is 39.3 Å². The molecule has 5 rings (SSSR count). The number of Topliss-reactive ketones (excluding diaryl/α,β-unsaturated/α-hetero) is 1. The summed E-state index contributed by atoms with van der Waals surface area (Å²) < 4.78 is 5.36. The number of carbonyl (C=O) groups is 2. The van der Waals surface area contributed by atoms with Crippen molar-refractivity contribution in [3.8, 4) is 5.75 Å². The van der Waals surface area contributed by atoms with Gasteiger partial charge in [0.2, 0.25) is 0 Å². The van der Waals surface area contributed by atoms with E-state index in [0.717, 1.165) is 27.8 Å². The van der Waals surface area contributed by atoms with E-state index in [9.17, 15) is 14.7 Å². The second-order valence-corrected chi connectivity index (χ2v) is 9.84. The molecule has 0 radical (unpaired) electrons. The highest BCUT2D eigenvalue weighted by Crippen LogP contribution is 2.42. The number of rotatable bonds is 6. The fourth-order valence-electron chi connectivity index (χ4n) is 4.76. The zero-order valence-electron chi connectivity index (χ0n) is 20.2. The van der Waals surface area contributed by atoms with Crippen molar-refractivity contribution in [1.82, 2.24) is 9.88 Å². The van der Waals surface area contributed by atoms with Gasteiger partial charge in [0.25, 0.3) is 11.7 Å². The first kappa shape index (κ1) is 24.9. The van der Waals surface area contributed by atoms with Crippen molar-refractivity contribution in [3.63, 3.8) is 0 Å².